The molecule has 3 heteroatoms. The van der Waals surface area contributed by atoms with Gasteiger partial charge < -0.3 is 13.8 Å². The highest BCUT2D eigenvalue weighted by molar-refractivity contribution is 6.93. The molecule has 0 fully saturated rings. The standard InChI is InChI=1S/C6H13O.ClH.Mg/c1-5-6(2,3)7-4;;/h1,5H2,2-4H3;1H;/q;;+1/p-1. The predicted octanol–water partition coefficient (Wildman–Crippen LogP) is 2.08. The Morgan fingerprint density at radius 2 is 2.11 bits per heavy atom. The Bertz CT molecular complexity index is 75.5. The fraction of sp³-hybridized carbons (Fsp3) is 1.00. The van der Waals surface area contributed by atoms with E-state index in [2.05, 4.69) is 13.8 Å². The smallest absolute Gasteiger partial charge is 0.379 e. The number of halogens is 1. The Labute approximate surface area is 70.6 Å². The highest BCUT2D eigenvalue weighted by Crippen LogP contribution is 2.15. The largest absolute Gasteiger partial charge is 0.501 e. The molecule has 0 aromatic heterocycles. The third-order valence-corrected chi connectivity index (χ3v) is 2.89. The maximum atomic E-state index is 5.65. The third-order valence-electron chi connectivity index (χ3n) is 1.47. The fourth-order valence-electron chi connectivity index (χ4n) is 0.595. The molecule has 0 heterocycles. The van der Waals surface area contributed by atoms with Crippen LogP contribution in [-0.2, 0) is 4.74 Å². The average Bonchev–Trinajstić information content (AvgIpc) is 1.84. The average molecular weight is 161 g/mol. The van der Waals surface area contributed by atoms with Crippen molar-refractivity contribution in [3.05, 3.63) is 0 Å². The molecule has 0 aliphatic carbocycles. The van der Waals surface area contributed by atoms with Gasteiger partial charge in [0.2, 0.25) is 0 Å². The van der Waals surface area contributed by atoms with Crippen molar-refractivity contribution in [3.63, 3.8) is 0 Å². The molecule has 0 rings (SSSR count). The minimum absolute atomic E-state index is 0.0435. The van der Waals surface area contributed by atoms with Gasteiger partial charge in [-0.25, -0.2) is 0 Å². The summed E-state index contributed by atoms with van der Waals surface area (Å²) in [6.07, 6.45) is 1.10. The molecule has 0 aliphatic heterocycles. The number of rotatable bonds is 4. The lowest BCUT2D eigenvalue weighted by Gasteiger charge is -2.21. The van der Waals surface area contributed by atoms with Gasteiger partial charge >= 0.3 is 19.3 Å². The lowest BCUT2D eigenvalue weighted by atomic mass is 10.1. The molecule has 0 bridgehead atoms. The van der Waals surface area contributed by atoms with E-state index in [1.807, 2.05) is 0 Å². The molecule has 0 N–H and O–H groups in total. The summed E-state index contributed by atoms with van der Waals surface area (Å²) < 4.78 is 6.37. The number of hydrogen-bond donors (Lipinski definition) is 0. The lowest BCUT2D eigenvalue weighted by Crippen LogP contribution is -2.21. The van der Waals surface area contributed by atoms with Gasteiger partial charge in [-0.05, 0) is 20.3 Å². The van der Waals surface area contributed by atoms with Gasteiger partial charge in [-0.3, -0.25) is 0 Å². The summed E-state index contributed by atoms with van der Waals surface area (Å²) in [6.45, 7) is 4.18. The fourth-order valence-corrected chi connectivity index (χ4v) is 1.98. The molecule has 9 heavy (non-hydrogen) atoms. The van der Waals surface area contributed by atoms with Crippen LogP contribution < -0.4 is 0 Å². The Hall–Kier alpha value is 1.02. The van der Waals surface area contributed by atoms with E-state index in [9.17, 15) is 0 Å². The van der Waals surface area contributed by atoms with Crippen LogP contribution >= 0.6 is 9.07 Å². The second kappa shape index (κ2) is 4.77. The van der Waals surface area contributed by atoms with Crippen molar-refractivity contribution >= 4 is 28.3 Å². The molecule has 0 radical (unpaired) electrons. The Morgan fingerprint density at radius 1 is 1.56 bits per heavy atom. The molecule has 0 saturated heterocycles. The minimum atomic E-state index is -0.283. The Morgan fingerprint density at radius 3 is 2.44 bits per heavy atom. The molecule has 52 valence electrons. The van der Waals surface area contributed by atoms with Crippen LogP contribution in [0.2, 0.25) is 4.55 Å². The first kappa shape index (κ1) is 10.0. The van der Waals surface area contributed by atoms with Crippen LogP contribution in [0.4, 0.5) is 0 Å². The second-order valence-electron chi connectivity index (χ2n) is 2.76. The van der Waals surface area contributed by atoms with Crippen LogP contribution in [0.25, 0.3) is 0 Å². The zero-order valence-corrected chi connectivity index (χ0v) is 8.58. The highest BCUT2D eigenvalue weighted by Gasteiger charge is 2.14. The summed E-state index contributed by atoms with van der Waals surface area (Å²) in [7, 11) is 7.39. The van der Waals surface area contributed by atoms with E-state index in [0.29, 0.717) is 0 Å². The first-order valence-electron chi connectivity index (χ1n) is 3.23. The predicted molar refractivity (Wildman–Crippen MR) is 42.1 cm³/mol. The van der Waals surface area contributed by atoms with Crippen LogP contribution in [0.3, 0.4) is 0 Å². The number of hydrogen-bond acceptors (Lipinski definition) is 1. The first-order chi connectivity index (χ1) is 4.12. The maximum Gasteiger partial charge on any atom is 0.501 e. The van der Waals surface area contributed by atoms with Gasteiger partial charge in [0.25, 0.3) is 0 Å². The topological polar surface area (TPSA) is 9.23 Å². The van der Waals surface area contributed by atoms with Crippen molar-refractivity contribution in [1.82, 2.24) is 0 Å². The molecular formula is C6H13ClMgO. The van der Waals surface area contributed by atoms with Crippen LogP contribution in [0, 0.1) is 0 Å². The lowest BCUT2D eigenvalue weighted by molar-refractivity contribution is 0.0198. The normalized spacial score (nSPS) is 11.1. The zero-order chi connectivity index (χ0) is 7.33. The van der Waals surface area contributed by atoms with Crippen molar-refractivity contribution in [2.75, 3.05) is 7.11 Å². The molecule has 0 saturated carbocycles. The molecule has 0 atom stereocenters. The molecule has 0 spiro atoms. The number of ether oxygens (including phenoxy) is 1. The number of methoxy groups -OCH3 is 1. The quantitative estimate of drug-likeness (QED) is 0.573. The molecule has 0 aromatic rings. The maximum absolute atomic E-state index is 5.65. The monoisotopic (exact) mass is 160 g/mol. The van der Waals surface area contributed by atoms with E-state index in [-0.39, 0.29) is 24.9 Å². The molecule has 0 unspecified atom stereocenters. The van der Waals surface area contributed by atoms with E-state index in [1.165, 1.54) is 4.55 Å². The van der Waals surface area contributed by atoms with E-state index >= 15 is 0 Å². The summed E-state index contributed by atoms with van der Waals surface area (Å²) >= 11 is -0.283. The van der Waals surface area contributed by atoms with Crippen LogP contribution in [-0.4, -0.2) is 32.0 Å². The highest BCUT2D eigenvalue weighted by atomic mass is 35.5. The van der Waals surface area contributed by atoms with Gasteiger partial charge in [-0.2, -0.15) is 0 Å². The minimum Gasteiger partial charge on any atom is -0.379 e. The van der Waals surface area contributed by atoms with Gasteiger partial charge in [0.15, 0.2) is 0 Å². The summed E-state index contributed by atoms with van der Waals surface area (Å²) in [5.74, 6) is 0. The van der Waals surface area contributed by atoms with Crippen LogP contribution in [0.5, 0.6) is 0 Å². The van der Waals surface area contributed by atoms with Crippen LogP contribution in [0.15, 0.2) is 0 Å². The van der Waals surface area contributed by atoms with Crippen molar-refractivity contribution < 1.29 is 4.74 Å². The van der Waals surface area contributed by atoms with Gasteiger partial charge in [-0.15, -0.1) is 4.55 Å². The summed E-state index contributed by atoms with van der Waals surface area (Å²) in [6, 6.07) is 0. The second-order valence-corrected chi connectivity index (χ2v) is 4.98. The van der Waals surface area contributed by atoms with Gasteiger partial charge in [0.1, 0.15) is 0 Å². The van der Waals surface area contributed by atoms with E-state index in [1.54, 1.807) is 7.11 Å². The molecule has 1 nitrogen and oxygen atoms in total. The summed E-state index contributed by atoms with van der Waals surface area (Å²) in [4.78, 5) is 0. The van der Waals surface area contributed by atoms with Gasteiger partial charge in [-0.1, -0.05) is 0 Å². The summed E-state index contributed by atoms with van der Waals surface area (Å²) in [5, 5.41) is 0. The molecular weight excluding hydrogens is 148 g/mol. The van der Waals surface area contributed by atoms with Crippen molar-refractivity contribution in [2.24, 2.45) is 0 Å². The SMILES string of the molecule is COC(C)(C)C[CH2][Mg][Cl]. The Balaban J connectivity index is 3.33. The third kappa shape index (κ3) is 5.46. The van der Waals surface area contributed by atoms with Gasteiger partial charge in [0.05, 0.1) is 5.60 Å². The zero-order valence-electron chi connectivity index (χ0n) is 6.41. The molecule has 0 aliphatic rings. The van der Waals surface area contributed by atoms with E-state index in [4.69, 9.17) is 13.8 Å². The van der Waals surface area contributed by atoms with Crippen molar-refractivity contribution in [2.45, 2.75) is 30.4 Å². The first-order valence-corrected chi connectivity index (χ1v) is 6.37. The van der Waals surface area contributed by atoms with Crippen LogP contribution in [0.1, 0.15) is 20.3 Å². The van der Waals surface area contributed by atoms with Crippen molar-refractivity contribution in [3.8, 4) is 0 Å². The Kier molecular flexibility index (Phi) is 5.31. The van der Waals surface area contributed by atoms with Gasteiger partial charge in [0, 0.05) is 7.11 Å². The van der Waals surface area contributed by atoms with Crippen molar-refractivity contribution in [1.29, 1.82) is 0 Å². The summed E-state index contributed by atoms with van der Waals surface area (Å²) in [5.41, 5.74) is 0.0435. The molecule has 0 amide bonds. The molecule has 0 aromatic carbocycles. The van der Waals surface area contributed by atoms with E-state index in [0.717, 1.165) is 6.42 Å². The van der Waals surface area contributed by atoms with E-state index < -0.39 is 0 Å².